The molecule has 104 valence electrons. The van der Waals surface area contributed by atoms with Gasteiger partial charge in [0.25, 0.3) is 5.91 Å². The maximum absolute atomic E-state index is 13.6. The number of amides is 1. The number of hydrogen-bond acceptors (Lipinski definition) is 1. The highest BCUT2D eigenvalue weighted by Gasteiger charge is 2.15. The normalized spacial score (nSPS) is 10.4. The third-order valence-corrected chi connectivity index (χ3v) is 3.64. The van der Waals surface area contributed by atoms with Crippen molar-refractivity contribution in [2.45, 2.75) is 13.5 Å². The molecule has 0 unspecified atom stereocenters. The van der Waals surface area contributed by atoms with Crippen LogP contribution >= 0.6 is 15.9 Å². The number of carbonyl (C=O) groups is 1. The summed E-state index contributed by atoms with van der Waals surface area (Å²) >= 11 is 3.36. The topological polar surface area (TPSA) is 20.3 Å². The Balaban J connectivity index is 2.21. The van der Waals surface area contributed by atoms with Crippen LogP contribution in [0.25, 0.3) is 0 Å². The summed E-state index contributed by atoms with van der Waals surface area (Å²) in [6.45, 7) is 2.13. The highest BCUT2D eigenvalue weighted by atomic mass is 79.9. The van der Waals surface area contributed by atoms with Crippen molar-refractivity contribution in [1.29, 1.82) is 0 Å². The van der Waals surface area contributed by atoms with Crippen molar-refractivity contribution in [2.75, 3.05) is 7.05 Å². The summed E-state index contributed by atoms with van der Waals surface area (Å²) in [4.78, 5) is 13.9. The standard InChI is InChI=1S/C16H15BrFNO/c1-11-7-8-13(17)9-14(11)16(20)19(2)10-12-5-3-4-6-15(12)18/h3-9H,10H2,1-2H3. The van der Waals surface area contributed by atoms with E-state index in [4.69, 9.17) is 0 Å². The largest absolute Gasteiger partial charge is 0.337 e. The van der Waals surface area contributed by atoms with Crippen LogP contribution < -0.4 is 0 Å². The summed E-state index contributed by atoms with van der Waals surface area (Å²) in [5.74, 6) is -0.412. The summed E-state index contributed by atoms with van der Waals surface area (Å²) in [6, 6.07) is 12.1. The lowest BCUT2D eigenvalue weighted by molar-refractivity contribution is 0.0783. The van der Waals surface area contributed by atoms with Gasteiger partial charge in [0.15, 0.2) is 0 Å². The molecule has 0 atom stereocenters. The van der Waals surface area contributed by atoms with Crippen molar-refractivity contribution in [3.63, 3.8) is 0 Å². The molecule has 0 aliphatic carbocycles. The highest BCUT2D eigenvalue weighted by molar-refractivity contribution is 9.10. The fourth-order valence-corrected chi connectivity index (χ4v) is 2.35. The zero-order valence-corrected chi connectivity index (χ0v) is 12.9. The van der Waals surface area contributed by atoms with Crippen LogP contribution in [-0.2, 0) is 6.54 Å². The summed E-state index contributed by atoms with van der Waals surface area (Å²) in [6.07, 6.45) is 0. The van der Waals surface area contributed by atoms with Crippen LogP contribution in [0.5, 0.6) is 0 Å². The van der Waals surface area contributed by atoms with Crippen LogP contribution in [0.3, 0.4) is 0 Å². The minimum atomic E-state index is -0.293. The molecule has 0 aromatic heterocycles. The van der Waals surface area contributed by atoms with Crippen LogP contribution in [0.4, 0.5) is 4.39 Å². The Hall–Kier alpha value is -1.68. The predicted octanol–water partition coefficient (Wildman–Crippen LogP) is 4.17. The Labute approximate surface area is 126 Å². The molecule has 0 aliphatic rings. The van der Waals surface area contributed by atoms with Crippen molar-refractivity contribution in [3.05, 3.63) is 69.4 Å². The molecule has 0 bridgehead atoms. The molecule has 0 saturated heterocycles. The summed E-state index contributed by atoms with van der Waals surface area (Å²) in [5.41, 5.74) is 2.03. The fourth-order valence-electron chi connectivity index (χ4n) is 1.98. The Morgan fingerprint density at radius 1 is 1.25 bits per heavy atom. The maximum Gasteiger partial charge on any atom is 0.254 e. The van der Waals surface area contributed by atoms with E-state index < -0.39 is 0 Å². The van der Waals surface area contributed by atoms with Gasteiger partial charge in [-0.1, -0.05) is 40.2 Å². The van der Waals surface area contributed by atoms with Gasteiger partial charge >= 0.3 is 0 Å². The van der Waals surface area contributed by atoms with Gasteiger partial charge in [-0.15, -0.1) is 0 Å². The zero-order chi connectivity index (χ0) is 14.7. The van der Waals surface area contributed by atoms with Gasteiger partial charge in [-0.25, -0.2) is 4.39 Å². The molecule has 20 heavy (non-hydrogen) atoms. The Bertz CT molecular complexity index is 642. The van der Waals surface area contributed by atoms with Gasteiger partial charge in [0.2, 0.25) is 0 Å². The molecule has 2 nitrogen and oxygen atoms in total. The van der Waals surface area contributed by atoms with Gasteiger partial charge < -0.3 is 4.90 Å². The van der Waals surface area contributed by atoms with Crippen LogP contribution in [0.1, 0.15) is 21.5 Å². The second-order valence-electron chi connectivity index (χ2n) is 4.71. The first-order chi connectivity index (χ1) is 9.49. The first-order valence-electron chi connectivity index (χ1n) is 6.24. The van der Waals surface area contributed by atoms with E-state index in [1.165, 1.54) is 11.0 Å². The minimum absolute atomic E-state index is 0.118. The zero-order valence-electron chi connectivity index (χ0n) is 11.4. The number of benzene rings is 2. The highest BCUT2D eigenvalue weighted by Crippen LogP contribution is 2.18. The van der Waals surface area contributed by atoms with E-state index in [1.54, 1.807) is 31.3 Å². The molecule has 1 amide bonds. The van der Waals surface area contributed by atoms with E-state index in [-0.39, 0.29) is 18.3 Å². The molecular weight excluding hydrogens is 321 g/mol. The second-order valence-corrected chi connectivity index (χ2v) is 5.63. The van der Waals surface area contributed by atoms with Crippen LogP contribution in [-0.4, -0.2) is 17.9 Å². The molecule has 0 radical (unpaired) electrons. The Morgan fingerprint density at radius 3 is 2.65 bits per heavy atom. The van der Waals surface area contributed by atoms with E-state index in [0.29, 0.717) is 11.1 Å². The molecule has 2 rings (SSSR count). The maximum atomic E-state index is 13.6. The number of carbonyl (C=O) groups excluding carboxylic acids is 1. The molecule has 2 aromatic carbocycles. The average Bonchev–Trinajstić information content (AvgIpc) is 2.43. The van der Waals surface area contributed by atoms with Crippen LogP contribution in [0, 0.1) is 12.7 Å². The molecule has 0 spiro atoms. The number of nitrogens with zero attached hydrogens (tertiary/aromatic N) is 1. The molecule has 2 aromatic rings. The van der Waals surface area contributed by atoms with Gasteiger partial charge in [0.1, 0.15) is 5.82 Å². The summed E-state index contributed by atoms with van der Waals surface area (Å²) < 4.78 is 14.5. The molecule has 4 heteroatoms. The van der Waals surface area contributed by atoms with Crippen molar-refractivity contribution in [3.8, 4) is 0 Å². The first kappa shape index (κ1) is 14.7. The van der Waals surface area contributed by atoms with Gasteiger partial charge in [-0.05, 0) is 30.7 Å². The van der Waals surface area contributed by atoms with Gasteiger partial charge in [-0.2, -0.15) is 0 Å². The smallest absolute Gasteiger partial charge is 0.254 e. The van der Waals surface area contributed by atoms with E-state index in [9.17, 15) is 9.18 Å². The third-order valence-electron chi connectivity index (χ3n) is 3.14. The quantitative estimate of drug-likeness (QED) is 0.824. The van der Waals surface area contributed by atoms with Crippen LogP contribution in [0.2, 0.25) is 0 Å². The molecule has 0 saturated carbocycles. The molecular formula is C16H15BrFNO. The van der Waals surface area contributed by atoms with Crippen molar-refractivity contribution < 1.29 is 9.18 Å². The van der Waals surface area contributed by atoms with Gasteiger partial charge in [-0.3, -0.25) is 4.79 Å². The SMILES string of the molecule is Cc1ccc(Br)cc1C(=O)N(C)Cc1ccccc1F. The summed E-state index contributed by atoms with van der Waals surface area (Å²) in [7, 11) is 1.68. The number of hydrogen-bond donors (Lipinski definition) is 0. The van der Waals surface area contributed by atoms with Gasteiger partial charge in [0.05, 0.1) is 0 Å². The third kappa shape index (κ3) is 3.25. The van der Waals surface area contributed by atoms with Crippen molar-refractivity contribution >= 4 is 21.8 Å². The van der Waals surface area contributed by atoms with Gasteiger partial charge in [0, 0.05) is 29.2 Å². The van der Waals surface area contributed by atoms with Crippen molar-refractivity contribution in [1.82, 2.24) is 4.90 Å². The number of rotatable bonds is 3. The molecule has 0 fully saturated rings. The number of aryl methyl sites for hydroxylation is 1. The Kier molecular flexibility index (Phi) is 4.55. The first-order valence-corrected chi connectivity index (χ1v) is 7.03. The summed E-state index contributed by atoms with van der Waals surface area (Å²) in [5, 5.41) is 0. The number of halogens is 2. The second kappa shape index (κ2) is 6.18. The predicted molar refractivity (Wildman–Crippen MR) is 81.1 cm³/mol. The molecule has 0 N–H and O–H groups in total. The molecule has 0 aliphatic heterocycles. The lowest BCUT2D eigenvalue weighted by Crippen LogP contribution is -2.27. The average molecular weight is 336 g/mol. The lowest BCUT2D eigenvalue weighted by atomic mass is 10.1. The van der Waals surface area contributed by atoms with E-state index in [0.717, 1.165) is 10.0 Å². The fraction of sp³-hybridized carbons (Fsp3) is 0.188. The van der Waals surface area contributed by atoms with E-state index in [2.05, 4.69) is 15.9 Å². The lowest BCUT2D eigenvalue weighted by Gasteiger charge is -2.19. The van der Waals surface area contributed by atoms with E-state index in [1.807, 2.05) is 19.1 Å². The minimum Gasteiger partial charge on any atom is -0.337 e. The monoisotopic (exact) mass is 335 g/mol. The Morgan fingerprint density at radius 2 is 1.95 bits per heavy atom. The van der Waals surface area contributed by atoms with E-state index >= 15 is 0 Å². The molecule has 0 heterocycles. The van der Waals surface area contributed by atoms with Crippen LogP contribution in [0.15, 0.2) is 46.9 Å². The van der Waals surface area contributed by atoms with Crippen molar-refractivity contribution in [2.24, 2.45) is 0 Å².